The number of carbonyl (C=O) groups excluding carboxylic acids is 1. The van der Waals surface area contributed by atoms with Gasteiger partial charge in [0.05, 0.1) is 37.2 Å². The number of amides is 1. The number of piperidine rings is 1. The standard InChI is InChI=1S/C35H35Cl2NO6S/c1-23-8-16-30(17-9-23)45(40,41)44-22-35(2)20-31(25-6-5-7-28(37)18-25)33(24-10-13-27(36)14-11-24)38(34(35)39)21-26-12-15-29(42-3)19-32(26)43-4/h5-19,31,33H,20-22H2,1-4H3/t31?,33-,35?/m1/s1. The molecule has 1 saturated heterocycles. The van der Waals surface area contributed by atoms with Crippen molar-refractivity contribution in [1.82, 2.24) is 4.90 Å². The summed E-state index contributed by atoms with van der Waals surface area (Å²) >= 11 is 12.8. The first kappa shape index (κ1) is 32.8. The summed E-state index contributed by atoms with van der Waals surface area (Å²) in [6.07, 6.45) is 0.305. The van der Waals surface area contributed by atoms with Gasteiger partial charge in [0.25, 0.3) is 10.1 Å². The maximum Gasteiger partial charge on any atom is 0.297 e. The van der Waals surface area contributed by atoms with Crippen LogP contribution >= 0.6 is 23.2 Å². The van der Waals surface area contributed by atoms with E-state index in [9.17, 15) is 13.2 Å². The minimum atomic E-state index is -4.13. The van der Waals surface area contributed by atoms with Crippen LogP contribution in [0.4, 0.5) is 0 Å². The topological polar surface area (TPSA) is 82.1 Å². The van der Waals surface area contributed by atoms with E-state index in [4.69, 9.17) is 36.9 Å². The summed E-state index contributed by atoms with van der Waals surface area (Å²) in [6.45, 7) is 3.46. The van der Waals surface area contributed by atoms with E-state index in [0.29, 0.717) is 28.0 Å². The van der Waals surface area contributed by atoms with E-state index in [1.165, 1.54) is 12.1 Å². The molecule has 1 aliphatic heterocycles. The summed E-state index contributed by atoms with van der Waals surface area (Å²) in [5.41, 5.74) is 2.25. The Morgan fingerprint density at radius 1 is 0.867 bits per heavy atom. The first-order chi connectivity index (χ1) is 21.4. The van der Waals surface area contributed by atoms with Crippen molar-refractivity contribution < 1.29 is 26.9 Å². The fourth-order valence-electron chi connectivity index (χ4n) is 5.92. The van der Waals surface area contributed by atoms with Crippen molar-refractivity contribution in [2.75, 3.05) is 20.8 Å². The molecule has 0 bridgehead atoms. The molecule has 2 unspecified atom stereocenters. The van der Waals surface area contributed by atoms with Gasteiger partial charge in [0, 0.05) is 34.1 Å². The molecule has 236 valence electrons. The minimum absolute atomic E-state index is 0.0326. The minimum Gasteiger partial charge on any atom is -0.497 e. The zero-order valence-electron chi connectivity index (χ0n) is 25.5. The summed E-state index contributed by atoms with van der Waals surface area (Å²) in [6, 6.07) is 26.4. The Morgan fingerprint density at radius 2 is 1.58 bits per heavy atom. The third-order valence-corrected chi connectivity index (χ3v) is 10.1. The molecule has 0 aromatic heterocycles. The number of aryl methyl sites for hydroxylation is 1. The summed E-state index contributed by atoms with van der Waals surface area (Å²) in [7, 11) is -0.993. The van der Waals surface area contributed by atoms with Crippen LogP contribution in [0.3, 0.4) is 0 Å². The van der Waals surface area contributed by atoms with Crippen molar-refractivity contribution in [2.24, 2.45) is 5.41 Å². The molecular weight excluding hydrogens is 633 g/mol. The number of ether oxygens (including phenoxy) is 2. The van der Waals surface area contributed by atoms with E-state index in [1.54, 1.807) is 62.4 Å². The number of nitrogens with zero attached hydrogens (tertiary/aromatic N) is 1. The number of carbonyl (C=O) groups is 1. The van der Waals surface area contributed by atoms with Gasteiger partial charge in [0.2, 0.25) is 5.91 Å². The first-order valence-electron chi connectivity index (χ1n) is 14.4. The summed E-state index contributed by atoms with van der Waals surface area (Å²) < 4.78 is 43.3. The number of hydrogen-bond donors (Lipinski definition) is 0. The van der Waals surface area contributed by atoms with Gasteiger partial charge in [-0.25, -0.2) is 0 Å². The van der Waals surface area contributed by atoms with Gasteiger partial charge < -0.3 is 14.4 Å². The first-order valence-corrected chi connectivity index (χ1v) is 16.6. The number of hydrogen-bond acceptors (Lipinski definition) is 6. The number of likely N-dealkylation sites (tertiary alicyclic amines) is 1. The van der Waals surface area contributed by atoms with E-state index >= 15 is 0 Å². The molecule has 0 aliphatic carbocycles. The number of methoxy groups -OCH3 is 2. The highest BCUT2D eigenvalue weighted by Crippen LogP contribution is 2.51. The van der Waals surface area contributed by atoms with Gasteiger partial charge in [0.1, 0.15) is 11.5 Å². The van der Waals surface area contributed by atoms with E-state index in [2.05, 4.69) is 0 Å². The highest BCUT2D eigenvalue weighted by Gasteiger charge is 2.50. The molecule has 0 spiro atoms. The lowest BCUT2D eigenvalue weighted by Crippen LogP contribution is -2.53. The molecule has 0 N–H and O–H groups in total. The predicted molar refractivity (Wildman–Crippen MR) is 176 cm³/mol. The van der Waals surface area contributed by atoms with Crippen molar-refractivity contribution in [3.63, 3.8) is 0 Å². The molecule has 45 heavy (non-hydrogen) atoms. The molecule has 1 amide bonds. The third kappa shape index (κ3) is 7.15. The monoisotopic (exact) mass is 667 g/mol. The highest BCUT2D eigenvalue weighted by atomic mass is 35.5. The van der Waals surface area contributed by atoms with Crippen molar-refractivity contribution in [3.8, 4) is 11.5 Å². The van der Waals surface area contributed by atoms with Crippen LogP contribution in [-0.4, -0.2) is 40.1 Å². The summed E-state index contributed by atoms with van der Waals surface area (Å²) in [4.78, 5) is 16.5. The fraction of sp³-hybridized carbons (Fsp3) is 0.286. The van der Waals surface area contributed by atoms with Crippen molar-refractivity contribution in [3.05, 3.63) is 123 Å². The molecule has 7 nitrogen and oxygen atoms in total. The SMILES string of the molecule is COc1ccc(CN2C(=O)C(C)(COS(=O)(=O)c3ccc(C)cc3)CC(c3cccc(Cl)c3)[C@H]2c2ccc(Cl)cc2)c(OC)c1. The van der Waals surface area contributed by atoms with Crippen LogP contribution < -0.4 is 9.47 Å². The number of rotatable bonds is 10. The lowest BCUT2D eigenvalue weighted by atomic mass is 9.69. The Labute approximate surface area is 274 Å². The van der Waals surface area contributed by atoms with Crippen molar-refractivity contribution >= 4 is 39.2 Å². The third-order valence-electron chi connectivity index (χ3n) is 8.33. The largest absolute Gasteiger partial charge is 0.497 e. The summed E-state index contributed by atoms with van der Waals surface area (Å²) in [5.74, 6) is 0.646. The Balaban J connectivity index is 1.61. The second-order valence-electron chi connectivity index (χ2n) is 11.6. The smallest absolute Gasteiger partial charge is 0.297 e. The molecule has 0 radical (unpaired) electrons. The molecule has 3 atom stereocenters. The zero-order valence-corrected chi connectivity index (χ0v) is 27.8. The van der Waals surface area contributed by atoms with Crippen LogP contribution in [0.1, 0.15) is 47.6 Å². The van der Waals surface area contributed by atoms with E-state index < -0.39 is 21.6 Å². The second-order valence-corrected chi connectivity index (χ2v) is 14.1. The van der Waals surface area contributed by atoms with Gasteiger partial charge in [-0.15, -0.1) is 0 Å². The van der Waals surface area contributed by atoms with Crippen LogP contribution in [0.2, 0.25) is 10.0 Å². The average molecular weight is 669 g/mol. The zero-order chi connectivity index (χ0) is 32.4. The number of benzene rings is 4. The fourth-order valence-corrected chi connectivity index (χ4v) is 7.27. The molecule has 5 rings (SSSR count). The Morgan fingerprint density at radius 3 is 2.22 bits per heavy atom. The Kier molecular flexibility index (Phi) is 9.80. The molecule has 0 saturated carbocycles. The van der Waals surface area contributed by atoms with E-state index in [1.807, 2.05) is 49.4 Å². The summed E-state index contributed by atoms with van der Waals surface area (Å²) in [5, 5.41) is 1.13. The van der Waals surface area contributed by atoms with Crippen LogP contribution in [0.15, 0.2) is 95.9 Å². The second kappa shape index (κ2) is 13.4. The van der Waals surface area contributed by atoms with Crippen LogP contribution in [0.25, 0.3) is 0 Å². The van der Waals surface area contributed by atoms with Crippen LogP contribution in [0, 0.1) is 12.3 Å². The number of halogens is 2. The Hall–Kier alpha value is -3.56. The maximum absolute atomic E-state index is 14.7. The normalized spacial score (nSPS) is 20.2. The maximum atomic E-state index is 14.7. The average Bonchev–Trinajstić information content (AvgIpc) is 3.03. The van der Waals surface area contributed by atoms with Crippen LogP contribution in [0.5, 0.6) is 11.5 Å². The lowest BCUT2D eigenvalue weighted by molar-refractivity contribution is -0.154. The van der Waals surface area contributed by atoms with Gasteiger partial charge in [0.15, 0.2) is 0 Å². The van der Waals surface area contributed by atoms with Gasteiger partial charge in [-0.1, -0.05) is 65.2 Å². The lowest BCUT2D eigenvalue weighted by Gasteiger charge is -2.49. The van der Waals surface area contributed by atoms with Gasteiger partial charge in [-0.2, -0.15) is 8.42 Å². The molecule has 10 heteroatoms. The predicted octanol–water partition coefficient (Wildman–Crippen LogP) is 7.99. The molecule has 1 heterocycles. The van der Waals surface area contributed by atoms with E-state index in [-0.39, 0.29) is 29.9 Å². The van der Waals surface area contributed by atoms with Gasteiger partial charge >= 0.3 is 0 Å². The highest BCUT2D eigenvalue weighted by molar-refractivity contribution is 7.86. The molecule has 4 aromatic carbocycles. The van der Waals surface area contributed by atoms with Crippen molar-refractivity contribution in [2.45, 2.75) is 43.7 Å². The Bertz CT molecular complexity index is 1780. The van der Waals surface area contributed by atoms with Gasteiger partial charge in [-0.3, -0.25) is 8.98 Å². The molecule has 1 aliphatic rings. The van der Waals surface area contributed by atoms with Gasteiger partial charge in [-0.05, 0) is 79.9 Å². The molecular formula is C35H35Cl2NO6S. The quantitative estimate of drug-likeness (QED) is 0.159. The molecule has 1 fully saturated rings. The van der Waals surface area contributed by atoms with E-state index in [0.717, 1.165) is 22.3 Å². The molecule has 4 aromatic rings. The van der Waals surface area contributed by atoms with Crippen LogP contribution in [-0.2, 0) is 25.6 Å². The van der Waals surface area contributed by atoms with Crippen molar-refractivity contribution in [1.29, 1.82) is 0 Å².